The van der Waals surface area contributed by atoms with Crippen molar-refractivity contribution in [3.8, 4) is 5.75 Å². The number of nitrogens with zero attached hydrogens (tertiary/aromatic N) is 1. The molecule has 0 aliphatic heterocycles. The van der Waals surface area contributed by atoms with Crippen LogP contribution >= 0.6 is 23.6 Å². The molecule has 23 heavy (non-hydrogen) atoms. The van der Waals surface area contributed by atoms with Crippen molar-refractivity contribution in [2.75, 3.05) is 3.94 Å². The Balaban J connectivity index is 2.81. The Kier molecular flexibility index (Phi) is 5.81. The summed E-state index contributed by atoms with van der Waals surface area (Å²) in [5, 5.41) is 0. The molecule has 0 N–H and O–H groups in total. The molecule has 0 fully saturated rings. The minimum Gasteiger partial charge on any atom is -0.429 e. The van der Waals surface area contributed by atoms with Gasteiger partial charge in [-0.25, -0.2) is 4.39 Å². The second-order valence-corrected chi connectivity index (χ2v) is 4.69. The van der Waals surface area contributed by atoms with E-state index in [1.54, 1.807) is 0 Å². The highest BCUT2D eigenvalue weighted by molar-refractivity contribution is 6.49. The van der Waals surface area contributed by atoms with Crippen LogP contribution in [0.2, 0.25) is 0 Å². The van der Waals surface area contributed by atoms with Gasteiger partial charge in [0, 0.05) is 23.6 Å². The summed E-state index contributed by atoms with van der Waals surface area (Å²) in [4.78, 5) is 0. The highest BCUT2D eigenvalue weighted by atomic mass is 35.5. The largest absolute Gasteiger partial charge is 0.483 e. The molecule has 0 aromatic heterocycles. The molecular formula is C10H5Cl2F8NO2. The number of rotatable bonds is 6. The predicted octanol–water partition coefficient (Wildman–Crippen LogP) is 5.24. The minimum atomic E-state index is -6.38. The van der Waals surface area contributed by atoms with Gasteiger partial charge in [-0.1, -0.05) is 0 Å². The lowest BCUT2D eigenvalue weighted by Gasteiger charge is -2.26. The summed E-state index contributed by atoms with van der Waals surface area (Å²) in [7, 11) is 0. The second-order valence-electron chi connectivity index (χ2n) is 3.84. The molecule has 1 unspecified atom stereocenters. The molecular weight excluding hydrogens is 389 g/mol. The van der Waals surface area contributed by atoms with Crippen molar-refractivity contribution in [1.82, 2.24) is 0 Å². The molecule has 132 valence electrons. The third-order valence-corrected chi connectivity index (χ3v) is 2.52. The number of alkyl halides is 8. The number of benzene rings is 1. The Bertz CT molecular complexity index is 523. The first-order valence-electron chi connectivity index (χ1n) is 5.31. The van der Waals surface area contributed by atoms with E-state index in [1.807, 2.05) is 0 Å². The second kappa shape index (κ2) is 6.73. The average molecular weight is 394 g/mol. The van der Waals surface area contributed by atoms with Gasteiger partial charge >= 0.3 is 24.8 Å². The zero-order chi connectivity index (χ0) is 18.1. The van der Waals surface area contributed by atoms with E-state index in [0.29, 0.717) is 3.94 Å². The first-order chi connectivity index (χ1) is 10.3. The number of hydrogen-bond donors (Lipinski definition) is 0. The van der Waals surface area contributed by atoms with Crippen molar-refractivity contribution in [1.29, 1.82) is 0 Å². The summed E-state index contributed by atoms with van der Waals surface area (Å²) in [5.74, 6) is -0.768. The molecule has 1 rings (SSSR count). The third-order valence-electron chi connectivity index (χ3n) is 2.13. The fraction of sp³-hybridized carbons (Fsp3) is 0.400. The van der Waals surface area contributed by atoms with Crippen LogP contribution in [0.3, 0.4) is 0 Å². The quantitative estimate of drug-likeness (QED) is 0.487. The molecule has 1 atom stereocenters. The van der Waals surface area contributed by atoms with Gasteiger partial charge in [0.05, 0.1) is 5.69 Å². The summed E-state index contributed by atoms with van der Waals surface area (Å²) in [6, 6.07) is 3.61. The van der Waals surface area contributed by atoms with Crippen LogP contribution in [0.25, 0.3) is 0 Å². The zero-order valence-electron chi connectivity index (χ0n) is 10.4. The lowest BCUT2D eigenvalue weighted by molar-refractivity contribution is -0.442. The fourth-order valence-electron chi connectivity index (χ4n) is 1.10. The summed E-state index contributed by atoms with van der Waals surface area (Å²) >= 11 is 10.6. The van der Waals surface area contributed by atoms with Crippen LogP contribution in [-0.4, -0.2) is 24.8 Å². The van der Waals surface area contributed by atoms with Crippen molar-refractivity contribution < 1.29 is 44.6 Å². The predicted molar refractivity (Wildman–Crippen MR) is 63.2 cm³/mol. The lowest BCUT2D eigenvalue weighted by Crippen LogP contribution is -2.48. The number of ether oxygens (including phenoxy) is 2. The minimum absolute atomic E-state index is 0.0839. The SMILES string of the molecule is FC(OC(F)(F)C(F)(F)F)C(F)(F)Oc1ccc(N(Cl)Cl)cc1. The van der Waals surface area contributed by atoms with Crippen LogP contribution in [0.1, 0.15) is 0 Å². The van der Waals surface area contributed by atoms with E-state index >= 15 is 0 Å². The smallest absolute Gasteiger partial charge is 0.429 e. The fourth-order valence-corrected chi connectivity index (χ4v) is 1.32. The molecule has 0 bridgehead atoms. The van der Waals surface area contributed by atoms with Crippen LogP contribution < -0.4 is 8.67 Å². The van der Waals surface area contributed by atoms with Crippen LogP contribution in [0, 0.1) is 0 Å². The van der Waals surface area contributed by atoms with E-state index in [1.165, 1.54) is 0 Å². The highest BCUT2D eigenvalue weighted by Gasteiger charge is 2.64. The van der Waals surface area contributed by atoms with Gasteiger partial charge < -0.3 is 4.74 Å². The van der Waals surface area contributed by atoms with E-state index in [-0.39, 0.29) is 5.69 Å². The van der Waals surface area contributed by atoms with Gasteiger partial charge in [-0.2, -0.15) is 34.7 Å². The van der Waals surface area contributed by atoms with Gasteiger partial charge in [-0.15, -0.1) is 0 Å². The summed E-state index contributed by atoms with van der Waals surface area (Å²) in [6.07, 6.45) is -22.0. The van der Waals surface area contributed by atoms with Crippen molar-refractivity contribution in [3.05, 3.63) is 24.3 Å². The Morgan fingerprint density at radius 3 is 1.78 bits per heavy atom. The maximum atomic E-state index is 13.2. The molecule has 0 saturated carbocycles. The molecule has 0 aliphatic carbocycles. The monoisotopic (exact) mass is 393 g/mol. The van der Waals surface area contributed by atoms with Crippen LogP contribution in [0.15, 0.2) is 24.3 Å². The number of anilines is 1. The molecule has 0 aliphatic rings. The molecule has 13 heteroatoms. The molecule has 1 aromatic rings. The molecule has 3 nitrogen and oxygen atoms in total. The van der Waals surface area contributed by atoms with Crippen molar-refractivity contribution in [3.63, 3.8) is 0 Å². The van der Waals surface area contributed by atoms with E-state index in [4.69, 9.17) is 23.6 Å². The molecule has 0 spiro atoms. The molecule has 0 heterocycles. The normalized spacial score (nSPS) is 14.5. The van der Waals surface area contributed by atoms with Crippen molar-refractivity contribution >= 4 is 29.2 Å². The van der Waals surface area contributed by atoms with Gasteiger partial charge in [-0.05, 0) is 24.3 Å². The first-order valence-corrected chi connectivity index (χ1v) is 5.99. The maximum absolute atomic E-state index is 13.2. The van der Waals surface area contributed by atoms with Gasteiger partial charge in [0.2, 0.25) is 0 Å². The van der Waals surface area contributed by atoms with E-state index in [9.17, 15) is 35.1 Å². The van der Waals surface area contributed by atoms with E-state index in [0.717, 1.165) is 24.3 Å². The van der Waals surface area contributed by atoms with E-state index in [2.05, 4.69) is 9.47 Å². The first kappa shape index (κ1) is 19.8. The molecule has 0 amide bonds. The standard InChI is InChI=1S/C10H5Cl2F8NO2/c11-21(12)5-1-3-6(4-2-5)22-8(14,15)7(13)23-10(19,20)9(16,17)18/h1-4,7H. The Morgan fingerprint density at radius 2 is 1.39 bits per heavy atom. The van der Waals surface area contributed by atoms with Gasteiger partial charge in [0.1, 0.15) is 5.75 Å². The average Bonchev–Trinajstić information content (AvgIpc) is 2.36. The Morgan fingerprint density at radius 1 is 0.913 bits per heavy atom. The number of halogens is 10. The number of hydrogen-bond acceptors (Lipinski definition) is 3. The van der Waals surface area contributed by atoms with Crippen molar-refractivity contribution in [2.45, 2.75) is 24.8 Å². The molecule has 0 saturated heterocycles. The third kappa shape index (κ3) is 5.15. The van der Waals surface area contributed by atoms with Crippen LogP contribution in [-0.2, 0) is 4.74 Å². The Hall–Kier alpha value is -1.20. The van der Waals surface area contributed by atoms with Crippen molar-refractivity contribution in [2.24, 2.45) is 0 Å². The summed E-state index contributed by atoms with van der Waals surface area (Å²) < 4.78 is 106. The molecule has 1 aromatic carbocycles. The van der Waals surface area contributed by atoms with Crippen LogP contribution in [0.5, 0.6) is 5.75 Å². The van der Waals surface area contributed by atoms with Gasteiger partial charge in [-0.3, -0.25) is 4.74 Å². The highest BCUT2D eigenvalue weighted by Crippen LogP contribution is 2.40. The van der Waals surface area contributed by atoms with Gasteiger partial charge in [0.15, 0.2) is 0 Å². The van der Waals surface area contributed by atoms with E-state index < -0.39 is 30.5 Å². The topological polar surface area (TPSA) is 21.7 Å². The lowest BCUT2D eigenvalue weighted by atomic mass is 10.3. The van der Waals surface area contributed by atoms with Crippen LogP contribution in [0.4, 0.5) is 40.8 Å². The molecule has 0 radical (unpaired) electrons. The summed E-state index contributed by atoms with van der Waals surface area (Å²) in [6.45, 7) is 0. The Labute approximate surface area is 133 Å². The zero-order valence-corrected chi connectivity index (χ0v) is 11.9. The summed E-state index contributed by atoms with van der Waals surface area (Å²) in [5.41, 5.74) is 0.0839. The van der Waals surface area contributed by atoms with Gasteiger partial charge in [0.25, 0.3) is 0 Å². The maximum Gasteiger partial charge on any atom is 0.483 e.